The van der Waals surface area contributed by atoms with Crippen LogP contribution in [0.2, 0.25) is 0 Å². The fourth-order valence-electron chi connectivity index (χ4n) is 0.515. The van der Waals surface area contributed by atoms with Crippen molar-refractivity contribution in [2.75, 3.05) is 6.54 Å². The molecule has 3 nitrogen and oxygen atoms in total. The summed E-state index contributed by atoms with van der Waals surface area (Å²) in [6, 6.07) is 0. The first-order valence-electron chi connectivity index (χ1n) is 3.87. The van der Waals surface area contributed by atoms with Crippen LogP contribution in [0.5, 0.6) is 0 Å². The molecule has 0 bridgehead atoms. The lowest BCUT2D eigenvalue weighted by Crippen LogP contribution is -2.30. The lowest BCUT2D eigenvalue weighted by molar-refractivity contribution is -0.126. The average Bonchev–Trinajstić information content (AvgIpc) is 1.99. The topological polar surface area (TPSA) is 46.2 Å². The Bertz CT molecular complexity index is 152. The van der Waals surface area contributed by atoms with Crippen LogP contribution in [0.3, 0.4) is 0 Å². The van der Waals surface area contributed by atoms with Crippen LogP contribution in [0.15, 0.2) is 0 Å². The Morgan fingerprint density at radius 2 is 1.91 bits per heavy atom. The summed E-state index contributed by atoms with van der Waals surface area (Å²) in [4.78, 5) is 21.6. The molecule has 0 radical (unpaired) electrons. The fourth-order valence-corrected chi connectivity index (χ4v) is 0.515. The van der Waals surface area contributed by atoms with Gasteiger partial charge in [0, 0.05) is 12.3 Å². The second-order valence-corrected chi connectivity index (χ2v) is 2.75. The van der Waals surface area contributed by atoms with Crippen LogP contribution in [0.25, 0.3) is 0 Å². The highest BCUT2D eigenvalue weighted by Gasteiger charge is 2.07. The molecule has 0 atom stereocenters. The Balaban J connectivity index is 3.54. The van der Waals surface area contributed by atoms with E-state index in [1.54, 1.807) is 6.92 Å². The molecule has 11 heavy (non-hydrogen) atoms. The zero-order valence-corrected chi connectivity index (χ0v) is 7.31. The van der Waals surface area contributed by atoms with Crippen molar-refractivity contribution in [1.29, 1.82) is 0 Å². The molecule has 1 amide bonds. The summed E-state index contributed by atoms with van der Waals surface area (Å²) in [6.45, 7) is 5.57. The van der Waals surface area contributed by atoms with Gasteiger partial charge in [-0.1, -0.05) is 20.8 Å². The zero-order valence-electron chi connectivity index (χ0n) is 7.31. The lowest BCUT2D eigenvalue weighted by atomic mass is 10.1. The number of amides is 1. The van der Waals surface area contributed by atoms with E-state index >= 15 is 0 Å². The van der Waals surface area contributed by atoms with E-state index in [-0.39, 0.29) is 24.2 Å². The lowest BCUT2D eigenvalue weighted by Gasteiger charge is -2.04. The molecule has 64 valence electrons. The predicted molar refractivity (Wildman–Crippen MR) is 43.1 cm³/mol. The van der Waals surface area contributed by atoms with E-state index < -0.39 is 0 Å². The summed E-state index contributed by atoms with van der Waals surface area (Å²) in [5.74, 6) is 0.0120. The molecule has 0 aliphatic rings. The van der Waals surface area contributed by atoms with Gasteiger partial charge in [0.2, 0.25) is 5.91 Å². The summed E-state index contributed by atoms with van der Waals surface area (Å²) in [5.41, 5.74) is 0. The molecular formula is C8H15NO2. The molecule has 0 aromatic heterocycles. The third kappa shape index (κ3) is 4.53. The number of carbonyl (C=O) groups excluding carboxylic acids is 2. The Hall–Kier alpha value is -0.860. The number of hydrogen-bond acceptors (Lipinski definition) is 2. The summed E-state index contributed by atoms with van der Waals surface area (Å²) >= 11 is 0. The van der Waals surface area contributed by atoms with Crippen LogP contribution in [0, 0.1) is 5.92 Å². The smallest absolute Gasteiger partial charge is 0.220 e. The number of nitrogens with one attached hydrogen (secondary N) is 1. The van der Waals surface area contributed by atoms with Crippen LogP contribution in [-0.4, -0.2) is 18.2 Å². The van der Waals surface area contributed by atoms with Crippen molar-refractivity contribution >= 4 is 11.7 Å². The third-order valence-electron chi connectivity index (χ3n) is 1.42. The van der Waals surface area contributed by atoms with Crippen molar-refractivity contribution in [2.45, 2.75) is 27.2 Å². The SMILES string of the molecule is CCC(=O)NCC(=O)C(C)C. The Morgan fingerprint density at radius 3 is 2.27 bits per heavy atom. The summed E-state index contributed by atoms with van der Waals surface area (Å²) in [6.07, 6.45) is 0.436. The molecule has 0 rings (SSSR count). The normalized spacial score (nSPS) is 9.82. The summed E-state index contributed by atoms with van der Waals surface area (Å²) < 4.78 is 0. The zero-order chi connectivity index (χ0) is 8.85. The van der Waals surface area contributed by atoms with Gasteiger partial charge < -0.3 is 5.32 Å². The van der Waals surface area contributed by atoms with Crippen LogP contribution >= 0.6 is 0 Å². The highest BCUT2D eigenvalue weighted by Crippen LogP contribution is 1.91. The van der Waals surface area contributed by atoms with E-state index in [0.717, 1.165) is 0 Å². The Morgan fingerprint density at radius 1 is 1.36 bits per heavy atom. The van der Waals surface area contributed by atoms with Gasteiger partial charge in [-0.25, -0.2) is 0 Å². The van der Waals surface area contributed by atoms with E-state index in [9.17, 15) is 9.59 Å². The van der Waals surface area contributed by atoms with Gasteiger partial charge in [0.25, 0.3) is 0 Å². The molecule has 1 N–H and O–H groups in total. The van der Waals surface area contributed by atoms with Crippen LogP contribution < -0.4 is 5.32 Å². The Kier molecular flexibility index (Phi) is 4.50. The van der Waals surface area contributed by atoms with E-state index in [1.165, 1.54) is 0 Å². The largest absolute Gasteiger partial charge is 0.349 e. The van der Waals surface area contributed by atoms with Crippen molar-refractivity contribution < 1.29 is 9.59 Å². The van der Waals surface area contributed by atoms with E-state index in [1.807, 2.05) is 13.8 Å². The first-order valence-corrected chi connectivity index (χ1v) is 3.87. The van der Waals surface area contributed by atoms with Crippen molar-refractivity contribution in [3.8, 4) is 0 Å². The molecule has 0 unspecified atom stereocenters. The van der Waals surface area contributed by atoms with Gasteiger partial charge in [-0.15, -0.1) is 0 Å². The molecule has 0 spiro atoms. The molecule has 0 aliphatic heterocycles. The number of rotatable bonds is 4. The van der Waals surface area contributed by atoms with Gasteiger partial charge in [-0.05, 0) is 0 Å². The fraction of sp³-hybridized carbons (Fsp3) is 0.750. The van der Waals surface area contributed by atoms with E-state index in [2.05, 4.69) is 5.32 Å². The quantitative estimate of drug-likeness (QED) is 0.654. The molecule has 0 heterocycles. The van der Waals surface area contributed by atoms with Gasteiger partial charge in [-0.2, -0.15) is 0 Å². The molecular weight excluding hydrogens is 142 g/mol. The predicted octanol–water partition coefficient (Wildman–Crippen LogP) is 0.738. The highest BCUT2D eigenvalue weighted by molar-refractivity contribution is 5.86. The summed E-state index contributed by atoms with van der Waals surface area (Å²) in [5, 5.41) is 2.52. The average molecular weight is 157 g/mol. The van der Waals surface area contributed by atoms with Gasteiger partial charge in [0.15, 0.2) is 5.78 Å². The second kappa shape index (κ2) is 4.88. The van der Waals surface area contributed by atoms with Gasteiger partial charge >= 0.3 is 0 Å². The number of carbonyl (C=O) groups is 2. The standard InChI is InChI=1S/C8H15NO2/c1-4-8(11)9-5-7(10)6(2)3/h6H,4-5H2,1-3H3,(H,9,11). The second-order valence-electron chi connectivity index (χ2n) is 2.75. The Labute approximate surface area is 67.2 Å². The van der Waals surface area contributed by atoms with Crippen LogP contribution in [0.4, 0.5) is 0 Å². The van der Waals surface area contributed by atoms with Crippen molar-refractivity contribution in [1.82, 2.24) is 5.32 Å². The van der Waals surface area contributed by atoms with Crippen LogP contribution in [-0.2, 0) is 9.59 Å². The van der Waals surface area contributed by atoms with Crippen molar-refractivity contribution in [3.63, 3.8) is 0 Å². The maximum absolute atomic E-state index is 10.9. The van der Waals surface area contributed by atoms with E-state index in [0.29, 0.717) is 6.42 Å². The highest BCUT2D eigenvalue weighted by atomic mass is 16.2. The third-order valence-corrected chi connectivity index (χ3v) is 1.42. The maximum Gasteiger partial charge on any atom is 0.220 e. The minimum Gasteiger partial charge on any atom is -0.349 e. The molecule has 0 aromatic carbocycles. The molecule has 0 fully saturated rings. The molecule has 0 aliphatic carbocycles. The summed E-state index contributed by atoms with van der Waals surface area (Å²) in [7, 11) is 0. The first kappa shape index (κ1) is 10.1. The minimum atomic E-state index is -0.0704. The minimum absolute atomic E-state index is 0.00663. The van der Waals surface area contributed by atoms with Crippen LogP contribution in [0.1, 0.15) is 27.2 Å². The maximum atomic E-state index is 10.9. The van der Waals surface area contributed by atoms with Gasteiger partial charge in [0.05, 0.1) is 6.54 Å². The van der Waals surface area contributed by atoms with Gasteiger partial charge in [0.1, 0.15) is 0 Å². The molecule has 0 aromatic rings. The monoisotopic (exact) mass is 157 g/mol. The number of hydrogen-bond donors (Lipinski definition) is 1. The van der Waals surface area contributed by atoms with Crippen molar-refractivity contribution in [2.24, 2.45) is 5.92 Å². The number of Topliss-reactive ketones (excluding diaryl/α,β-unsaturated/α-hetero) is 1. The van der Waals surface area contributed by atoms with E-state index in [4.69, 9.17) is 0 Å². The molecule has 3 heteroatoms. The molecule has 0 saturated carbocycles. The molecule has 0 saturated heterocycles. The van der Waals surface area contributed by atoms with Gasteiger partial charge in [-0.3, -0.25) is 9.59 Å². The number of ketones is 1. The van der Waals surface area contributed by atoms with Crippen molar-refractivity contribution in [3.05, 3.63) is 0 Å². The first-order chi connectivity index (χ1) is 5.07.